The van der Waals surface area contributed by atoms with E-state index < -0.39 is 4.92 Å². The highest BCUT2D eigenvalue weighted by Crippen LogP contribution is 2.28. The zero-order valence-electron chi connectivity index (χ0n) is 11.0. The lowest BCUT2D eigenvalue weighted by Crippen LogP contribution is -2.07. The first-order chi connectivity index (χ1) is 10.1. The standard InChI is InChI=1S/C16H11NO4/c18-15-9-10-3-1-2-4-12(10)16(19)14-8-6-11(17(20)21)5-7-13(14)15/h1-6,8H,7,9H2. The molecule has 0 saturated heterocycles. The lowest BCUT2D eigenvalue weighted by Gasteiger charge is -2.04. The second-order valence-corrected chi connectivity index (χ2v) is 4.90. The lowest BCUT2D eigenvalue weighted by atomic mass is 9.98. The van der Waals surface area contributed by atoms with E-state index in [0.29, 0.717) is 16.7 Å². The quantitative estimate of drug-likeness (QED) is 0.585. The van der Waals surface area contributed by atoms with Crippen LogP contribution in [-0.4, -0.2) is 16.5 Å². The van der Waals surface area contributed by atoms with E-state index in [9.17, 15) is 19.7 Å². The summed E-state index contributed by atoms with van der Waals surface area (Å²) in [7, 11) is 0. The average molecular weight is 281 g/mol. The summed E-state index contributed by atoms with van der Waals surface area (Å²) in [6, 6.07) is 6.98. The van der Waals surface area contributed by atoms with Crippen molar-refractivity contribution in [2.45, 2.75) is 12.8 Å². The van der Waals surface area contributed by atoms with Crippen LogP contribution in [-0.2, 0) is 11.2 Å². The van der Waals surface area contributed by atoms with E-state index in [0.717, 1.165) is 0 Å². The van der Waals surface area contributed by atoms with E-state index in [-0.39, 0.29) is 35.7 Å². The van der Waals surface area contributed by atoms with Crippen molar-refractivity contribution in [2.24, 2.45) is 0 Å². The molecule has 0 unspecified atom stereocenters. The summed E-state index contributed by atoms with van der Waals surface area (Å²) in [6.45, 7) is 0. The fourth-order valence-electron chi connectivity index (χ4n) is 2.59. The fraction of sp³-hybridized carbons (Fsp3) is 0.125. The molecule has 2 aliphatic carbocycles. The zero-order chi connectivity index (χ0) is 15.0. The van der Waals surface area contributed by atoms with Gasteiger partial charge in [-0.25, -0.2) is 0 Å². The SMILES string of the molecule is O=C1Cc2ccccc2C(=O)C2=C1CC=C([N+](=O)[O-])C=C2. The molecule has 2 aliphatic rings. The van der Waals surface area contributed by atoms with Gasteiger partial charge in [0.15, 0.2) is 11.6 Å². The van der Waals surface area contributed by atoms with Crippen LogP contribution in [0.2, 0.25) is 0 Å². The number of benzene rings is 1. The Morgan fingerprint density at radius 1 is 1.10 bits per heavy atom. The van der Waals surface area contributed by atoms with Gasteiger partial charge in [-0.15, -0.1) is 0 Å². The van der Waals surface area contributed by atoms with Crippen LogP contribution in [0.5, 0.6) is 0 Å². The Bertz CT molecular complexity index is 768. The number of fused-ring (bicyclic) bond motifs is 1. The van der Waals surface area contributed by atoms with Crippen LogP contribution >= 0.6 is 0 Å². The predicted molar refractivity (Wildman–Crippen MR) is 75.3 cm³/mol. The third kappa shape index (κ3) is 2.23. The molecule has 0 amide bonds. The molecule has 0 fully saturated rings. The number of hydrogen-bond acceptors (Lipinski definition) is 4. The number of rotatable bonds is 1. The molecule has 1 aromatic rings. The van der Waals surface area contributed by atoms with Gasteiger partial charge in [0.25, 0.3) is 5.70 Å². The van der Waals surface area contributed by atoms with Crippen LogP contribution in [0.25, 0.3) is 0 Å². The van der Waals surface area contributed by atoms with Crippen molar-refractivity contribution in [3.8, 4) is 0 Å². The van der Waals surface area contributed by atoms with Gasteiger partial charge in [-0.1, -0.05) is 24.3 Å². The van der Waals surface area contributed by atoms with E-state index >= 15 is 0 Å². The maximum absolute atomic E-state index is 12.6. The van der Waals surface area contributed by atoms with Crippen LogP contribution in [0.3, 0.4) is 0 Å². The van der Waals surface area contributed by atoms with Crippen molar-refractivity contribution >= 4 is 11.6 Å². The summed E-state index contributed by atoms with van der Waals surface area (Å²) >= 11 is 0. The van der Waals surface area contributed by atoms with Crippen molar-refractivity contribution in [2.75, 3.05) is 0 Å². The van der Waals surface area contributed by atoms with Gasteiger partial charge in [-0.05, 0) is 17.7 Å². The van der Waals surface area contributed by atoms with Gasteiger partial charge < -0.3 is 0 Å². The van der Waals surface area contributed by atoms with Crippen molar-refractivity contribution in [1.29, 1.82) is 0 Å². The minimum absolute atomic E-state index is 0.100. The molecule has 104 valence electrons. The maximum Gasteiger partial charge on any atom is 0.265 e. The lowest BCUT2D eigenvalue weighted by molar-refractivity contribution is -0.419. The highest BCUT2D eigenvalue weighted by molar-refractivity contribution is 6.19. The highest BCUT2D eigenvalue weighted by Gasteiger charge is 2.28. The first-order valence-electron chi connectivity index (χ1n) is 6.49. The van der Waals surface area contributed by atoms with E-state index in [4.69, 9.17) is 0 Å². The van der Waals surface area contributed by atoms with Crippen LogP contribution < -0.4 is 0 Å². The largest absolute Gasteiger partial charge is 0.294 e. The zero-order valence-corrected chi connectivity index (χ0v) is 11.0. The van der Waals surface area contributed by atoms with Gasteiger partial charge in [-0.2, -0.15) is 0 Å². The van der Waals surface area contributed by atoms with Crippen LogP contribution in [0.15, 0.2) is 59.3 Å². The molecule has 5 nitrogen and oxygen atoms in total. The molecule has 1 aromatic carbocycles. The number of hydrogen-bond donors (Lipinski definition) is 0. The second kappa shape index (κ2) is 4.94. The molecule has 3 rings (SSSR count). The number of nitrogens with zero attached hydrogens (tertiary/aromatic N) is 1. The molecule has 0 bridgehead atoms. The average Bonchev–Trinajstić information content (AvgIpc) is 2.73. The molecular formula is C16H11NO4. The first-order valence-corrected chi connectivity index (χ1v) is 6.49. The van der Waals surface area contributed by atoms with E-state index in [1.807, 2.05) is 0 Å². The van der Waals surface area contributed by atoms with E-state index in [1.54, 1.807) is 24.3 Å². The summed E-state index contributed by atoms with van der Waals surface area (Å²) in [5, 5.41) is 10.8. The smallest absolute Gasteiger partial charge is 0.265 e. The normalized spacial score (nSPS) is 17.6. The number of carbonyl (C=O) groups excluding carboxylic acids is 2. The van der Waals surface area contributed by atoms with Gasteiger partial charge in [-0.3, -0.25) is 19.7 Å². The molecule has 0 spiro atoms. The molecule has 0 saturated carbocycles. The number of carbonyl (C=O) groups is 2. The molecule has 0 atom stereocenters. The third-order valence-electron chi connectivity index (χ3n) is 3.67. The minimum Gasteiger partial charge on any atom is -0.294 e. The van der Waals surface area contributed by atoms with Gasteiger partial charge >= 0.3 is 0 Å². The number of Topliss-reactive ketones (excluding diaryl/α,β-unsaturated/α-hetero) is 2. The maximum atomic E-state index is 12.6. The Balaban J connectivity index is 2.13. The summed E-state index contributed by atoms with van der Waals surface area (Å²) in [5.41, 5.74) is 1.71. The first kappa shape index (κ1) is 13.2. The molecule has 0 radical (unpaired) electrons. The van der Waals surface area contributed by atoms with Crippen molar-refractivity contribution in [3.63, 3.8) is 0 Å². The van der Waals surface area contributed by atoms with Crippen LogP contribution in [0, 0.1) is 10.1 Å². The predicted octanol–water partition coefficient (Wildman–Crippen LogP) is 2.41. The van der Waals surface area contributed by atoms with Crippen LogP contribution in [0.1, 0.15) is 22.3 Å². The molecule has 0 heterocycles. The molecular weight excluding hydrogens is 270 g/mol. The summed E-state index contributed by atoms with van der Waals surface area (Å²) in [6.07, 6.45) is 4.30. The van der Waals surface area contributed by atoms with Crippen LogP contribution in [0.4, 0.5) is 0 Å². The van der Waals surface area contributed by atoms with Crippen molar-refractivity contribution in [3.05, 3.63) is 80.6 Å². The Labute approximate surface area is 120 Å². The summed E-state index contributed by atoms with van der Waals surface area (Å²) in [5.74, 6) is -0.408. The summed E-state index contributed by atoms with van der Waals surface area (Å²) in [4.78, 5) is 35.3. The molecule has 5 heteroatoms. The van der Waals surface area contributed by atoms with E-state index in [1.165, 1.54) is 18.2 Å². The molecule has 0 aromatic heterocycles. The minimum atomic E-state index is -0.522. The fourth-order valence-corrected chi connectivity index (χ4v) is 2.59. The Kier molecular flexibility index (Phi) is 3.10. The Morgan fingerprint density at radius 2 is 1.86 bits per heavy atom. The third-order valence-corrected chi connectivity index (χ3v) is 3.67. The molecule has 0 N–H and O–H groups in total. The van der Waals surface area contributed by atoms with Gasteiger partial charge in [0.2, 0.25) is 0 Å². The molecule has 21 heavy (non-hydrogen) atoms. The van der Waals surface area contributed by atoms with Gasteiger partial charge in [0.05, 0.1) is 4.92 Å². The topological polar surface area (TPSA) is 77.3 Å². The second-order valence-electron chi connectivity index (χ2n) is 4.90. The number of allylic oxidation sites excluding steroid dienone is 5. The van der Waals surface area contributed by atoms with Gasteiger partial charge in [0.1, 0.15) is 0 Å². The summed E-state index contributed by atoms with van der Waals surface area (Å²) < 4.78 is 0. The van der Waals surface area contributed by atoms with Gasteiger partial charge in [0, 0.05) is 35.6 Å². The number of nitro groups is 1. The van der Waals surface area contributed by atoms with Crippen molar-refractivity contribution in [1.82, 2.24) is 0 Å². The number of ketones is 2. The Morgan fingerprint density at radius 3 is 2.62 bits per heavy atom. The monoisotopic (exact) mass is 281 g/mol. The Hall–Kier alpha value is -2.82. The highest BCUT2D eigenvalue weighted by atomic mass is 16.6. The van der Waals surface area contributed by atoms with E-state index in [2.05, 4.69) is 0 Å². The van der Waals surface area contributed by atoms with Crippen molar-refractivity contribution < 1.29 is 14.5 Å². The molecule has 0 aliphatic heterocycles.